The van der Waals surface area contributed by atoms with Crippen LogP contribution >= 0.6 is 23.2 Å². The van der Waals surface area contributed by atoms with E-state index in [4.69, 9.17) is 37.4 Å². The molecule has 0 radical (unpaired) electrons. The van der Waals surface area contributed by atoms with Crippen molar-refractivity contribution in [1.82, 2.24) is 0 Å². The molecule has 0 aromatic rings. The summed E-state index contributed by atoms with van der Waals surface area (Å²) in [4.78, 5) is 0. The number of ether oxygens (including phenoxy) is 3. The lowest BCUT2D eigenvalue weighted by Crippen LogP contribution is -2.15. The van der Waals surface area contributed by atoms with Crippen LogP contribution in [0.25, 0.3) is 0 Å². The topological polar surface area (TPSA) is 27.7 Å². The summed E-state index contributed by atoms with van der Waals surface area (Å²) in [6.07, 6.45) is 20.2. The Morgan fingerprint density at radius 1 is 0.630 bits per heavy atom. The molecular weight excluding hydrogens is 383 g/mol. The molecular formula is C22H40Cl2O3. The third-order valence-corrected chi connectivity index (χ3v) is 4.73. The Bertz CT molecular complexity index is 316. The first-order valence-corrected chi connectivity index (χ1v) is 11.5. The van der Waals surface area contributed by atoms with Crippen LogP contribution in [0.4, 0.5) is 0 Å². The molecule has 0 spiro atoms. The summed E-state index contributed by atoms with van der Waals surface area (Å²) in [7, 11) is 0. The fraction of sp³-hybridized carbons (Fsp3) is 0.818. The Kier molecular flexibility index (Phi) is 22.2. The summed E-state index contributed by atoms with van der Waals surface area (Å²) in [5.74, 6) is 1.52. The van der Waals surface area contributed by atoms with Crippen molar-refractivity contribution < 1.29 is 14.2 Å². The fourth-order valence-corrected chi connectivity index (χ4v) is 2.75. The maximum absolute atomic E-state index is 5.65. The van der Waals surface area contributed by atoms with E-state index in [1.54, 1.807) is 0 Å². The van der Waals surface area contributed by atoms with Crippen LogP contribution < -0.4 is 0 Å². The zero-order valence-electron chi connectivity index (χ0n) is 17.3. The highest BCUT2D eigenvalue weighted by Gasteiger charge is 2.03. The number of allylic oxidation sites excluding steroid dienone is 4. The van der Waals surface area contributed by atoms with Gasteiger partial charge in [0.15, 0.2) is 0 Å². The summed E-state index contributed by atoms with van der Waals surface area (Å²) in [5, 5.41) is 0. The third-order valence-electron chi connectivity index (χ3n) is 4.19. The lowest BCUT2D eigenvalue weighted by molar-refractivity contribution is -0.160. The van der Waals surface area contributed by atoms with Crippen LogP contribution in [0.5, 0.6) is 0 Å². The van der Waals surface area contributed by atoms with Gasteiger partial charge in [-0.15, -0.1) is 23.2 Å². The van der Waals surface area contributed by atoms with E-state index in [0.29, 0.717) is 0 Å². The van der Waals surface area contributed by atoms with Gasteiger partial charge in [-0.3, -0.25) is 0 Å². The monoisotopic (exact) mass is 422 g/mol. The number of hydrogen-bond donors (Lipinski definition) is 0. The van der Waals surface area contributed by atoms with Crippen molar-refractivity contribution in [3.8, 4) is 0 Å². The number of hydrogen-bond acceptors (Lipinski definition) is 3. The second-order valence-electron chi connectivity index (χ2n) is 6.86. The van der Waals surface area contributed by atoms with E-state index in [0.717, 1.165) is 63.1 Å². The van der Waals surface area contributed by atoms with Gasteiger partial charge >= 0.3 is 0 Å². The molecule has 0 N–H and O–H groups in total. The standard InChI is InChI=1S/C22H40Cl2O3/c1-21(15-11-7-3-5-9-13-17-23)26-19-25-20-27-22(2)16-12-8-4-6-10-14-18-24/h3-4,7-8,21-22H,5-6,9-20H2,1-2H3. The minimum absolute atomic E-state index is 0.193. The van der Waals surface area contributed by atoms with Gasteiger partial charge in [0.2, 0.25) is 0 Å². The lowest BCUT2D eigenvalue weighted by Gasteiger charge is -2.14. The van der Waals surface area contributed by atoms with Crippen molar-refractivity contribution in [2.24, 2.45) is 0 Å². The maximum Gasteiger partial charge on any atom is 0.149 e. The first-order chi connectivity index (χ1) is 13.2. The van der Waals surface area contributed by atoms with Gasteiger partial charge in [0.1, 0.15) is 13.6 Å². The fourth-order valence-electron chi connectivity index (χ4n) is 2.38. The summed E-state index contributed by atoms with van der Waals surface area (Å²) < 4.78 is 16.7. The van der Waals surface area contributed by atoms with Crippen LogP contribution in [0.15, 0.2) is 24.3 Å². The van der Waals surface area contributed by atoms with Crippen molar-refractivity contribution in [2.75, 3.05) is 25.3 Å². The molecule has 2 unspecified atom stereocenters. The number of alkyl halides is 2. The van der Waals surface area contributed by atoms with E-state index >= 15 is 0 Å². The third kappa shape index (κ3) is 22.1. The van der Waals surface area contributed by atoms with Gasteiger partial charge in [-0.1, -0.05) is 24.3 Å². The second kappa shape index (κ2) is 22.2. The van der Waals surface area contributed by atoms with Crippen molar-refractivity contribution in [1.29, 1.82) is 0 Å². The first kappa shape index (κ1) is 26.9. The van der Waals surface area contributed by atoms with Crippen LogP contribution in [0.2, 0.25) is 0 Å². The number of rotatable bonds is 20. The minimum atomic E-state index is 0.193. The largest absolute Gasteiger partial charge is 0.352 e. The Balaban J connectivity index is 3.40. The first-order valence-electron chi connectivity index (χ1n) is 10.4. The van der Waals surface area contributed by atoms with E-state index in [1.165, 1.54) is 12.8 Å². The molecule has 0 heterocycles. The molecule has 2 atom stereocenters. The highest BCUT2D eigenvalue weighted by Crippen LogP contribution is 2.06. The van der Waals surface area contributed by atoms with Gasteiger partial charge in [0.05, 0.1) is 12.2 Å². The van der Waals surface area contributed by atoms with E-state index in [2.05, 4.69) is 38.2 Å². The average Bonchev–Trinajstić information content (AvgIpc) is 2.66. The zero-order chi connectivity index (χ0) is 20.0. The predicted molar refractivity (Wildman–Crippen MR) is 118 cm³/mol. The molecule has 0 aromatic carbocycles. The van der Waals surface area contributed by atoms with Gasteiger partial charge in [0.25, 0.3) is 0 Å². The van der Waals surface area contributed by atoms with E-state index < -0.39 is 0 Å². The number of unbranched alkanes of at least 4 members (excludes halogenated alkanes) is 4. The molecule has 0 aromatic heterocycles. The van der Waals surface area contributed by atoms with Crippen molar-refractivity contribution in [2.45, 2.75) is 90.3 Å². The molecule has 0 bridgehead atoms. The molecule has 160 valence electrons. The van der Waals surface area contributed by atoms with Crippen LogP contribution in [0.3, 0.4) is 0 Å². The van der Waals surface area contributed by atoms with E-state index in [1.807, 2.05) is 0 Å². The summed E-state index contributed by atoms with van der Waals surface area (Å²) in [6, 6.07) is 0. The molecule has 0 amide bonds. The summed E-state index contributed by atoms with van der Waals surface area (Å²) in [5.41, 5.74) is 0. The Morgan fingerprint density at radius 3 is 1.44 bits per heavy atom. The molecule has 0 rings (SSSR count). The van der Waals surface area contributed by atoms with Crippen LogP contribution in [-0.2, 0) is 14.2 Å². The van der Waals surface area contributed by atoms with Crippen molar-refractivity contribution in [3.05, 3.63) is 24.3 Å². The van der Waals surface area contributed by atoms with Gasteiger partial charge in [-0.25, -0.2) is 0 Å². The molecule has 0 saturated carbocycles. The predicted octanol–water partition coefficient (Wildman–Crippen LogP) is 7.22. The molecule has 27 heavy (non-hydrogen) atoms. The SMILES string of the molecule is CC(CCC=CCCCCCl)OCOCOC(C)CCC=CCCCCCl. The van der Waals surface area contributed by atoms with Gasteiger partial charge in [-0.2, -0.15) is 0 Å². The average molecular weight is 423 g/mol. The number of halogens is 2. The quantitative estimate of drug-likeness (QED) is 0.0895. The zero-order valence-corrected chi connectivity index (χ0v) is 18.9. The molecule has 0 aliphatic heterocycles. The molecule has 0 saturated heterocycles. The second-order valence-corrected chi connectivity index (χ2v) is 7.62. The van der Waals surface area contributed by atoms with Gasteiger partial charge < -0.3 is 14.2 Å². The van der Waals surface area contributed by atoms with Crippen LogP contribution in [-0.4, -0.2) is 37.6 Å². The Labute approximate surface area is 177 Å². The Hall–Kier alpha value is -0.0600. The van der Waals surface area contributed by atoms with Crippen LogP contribution in [0, 0.1) is 0 Å². The lowest BCUT2D eigenvalue weighted by atomic mass is 10.2. The van der Waals surface area contributed by atoms with E-state index in [-0.39, 0.29) is 25.8 Å². The molecule has 0 fully saturated rings. The van der Waals surface area contributed by atoms with Gasteiger partial charge in [0, 0.05) is 11.8 Å². The highest BCUT2D eigenvalue weighted by molar-refractivity contribution is 6.18. The van der Waals surface area contributed by atoms with Crippen molar-refractivity contribution in [3.63, 3.8) is 0 Å². The molecule has 3 nitrogen and oxygen atoms in total. The summed E-state index contributed by atoms with van der Waals surface area (Å²) in [6.45, 7) is 4.73. The van der Waals surface area contributed by atoms with Gasteiger partial charge in [-0.05, 0) is 78.1 Å². The highest BCUT2D eigenvalue weighted by atomic mass is 35.5. The summed E-state index contributed by atoms with van der Waals surface area (Å²) >= 11 is 11.3. The minimum Gasteiger partial charge on any atom is -0.352 e. The normalized spacial score (nSPS) is 14.4. The molecule has 0 aliphatic rings. The smallest absolute Gasteiger partial charge is 0.149 e. The van der Waals surface area contributed by atoms with Crippen LogP contribution in [0.1, 0.15) is 78.1 Å². The van der Waals surface area contributed by atoms with E-state index in [9.17, 15) is 0 Å². The molecule has 5 heteroatoms. The maximum atomic E-state index is 5.65. The van der Waals surface area contributed by atoms with Crippen molar-refractivity contribution >= 4 is 23.2 Å². The Morgan fingerprint density at radius 2 is 1.04 bits per heavy atom. The molecule has 0 aliphatic carbocycles.